The minimum absolute atomic E-state index is 0.0957. The minimum Gasteiger partial charge on any atom is -0.493 e. The van der Waals surface area contributed by atoms with Crippen LogP contribution in [-0.2, 0) is 5.41 Å². The molecule has 0 fully saturated rings. The normalized spacial score (nSPS) is 16.3. The molecular weight excluding hydrogens is 1090 g/mol. The van der Waals surface area contributed by atoms with Gasteiger partial charge in [0.2, 0.25) is 0 Å². The van der Waals surface area contributed by atoms with E-state index >= 15 is 0 Å². The highest BCUT2D eigenvalue weighted by Crippen LogP contribution is 2.64. The van der Waals surface area contributed by atoms with E-state index in [0.29, 0.717) is 76.5 Å². The van der Waals surface area contributed by atoms with Gasteiger partial charge in [0.1, 0.15) is 11.5 Å². The predicted molar refractivity (Wildman–Crippen MR) is 355 cm³/mol. The van der Waals surface area contributed by atoms with Crippen LogP contribution in [0.2, 0.25) is 0 Å². The first kappa shape index (κ1) is 66.5. The molecule has 0 bridgehead atoms. The van der Waals surface area contributed by atoms with Crippen molar-refractivity contribution in [2.75, 3.05) is 52.9 Å². The Labute approximate surface area is 515 Å². The van der Waals surface area contributed by atoms with E-state index in [9.17, 15) is 0 Å². The van der Waals surface area contributed by atoms with Gasteiger partial charge in [-0.2, -0.15) is 0 Å². The van der Waals surface area contributed by atoms with Crippen molar-refractivity contribution in [1.82, 2.24) is 0 Å². The molecule has 0 spiro atoms. The third kappa shape index (κ3) is 17.1. The van der Waals surface area contributed by atoms with Crippen molar-refractivity contribution in [2.45, 2.75) is 225 Å². The Morgan fingerprint density at radius 1 is 0.470 bits per heavy atom. The van der Waals surface area contributed by atoms with Crippen molar-refractivity contribution >= 4 is 34.0 Å². The van der Waals surface area contributed by atoms with Gasteiger partial charge in [0, 0.05) is 22.0 Å². The van der Waals surface area contributed by atoms with Crippen molar-refractivity contribution in [3.8, 4) is 87.1 Å². The highest BCUT2D eigenvalue weighted by Gasteiger charge is 2.39. The second-order valence-electron chi connectivity index (χ2n) is 27.3. The molecule has 0 radical (unpaired) electrons. The van der Waals surface area contributed by atoms with Gasteiger partial charge in [-0.3, -0.25) is 0 Å². The Balaban J connectivity index is 1.51. The molecule has 7 rings (SSSR count). The van der Waals surface area contributed by atoms with Crippen molar-refractivity contribution in [2.24, 2.45) is 34.5 Å². The molecule has 2 aromatic carbocycles. The summed E-state index contributed by atoms with van der Waals surface area (Å²) in [5, 5.41) is 0. The van der Waals surface area contributed by atoms with E-state index in [1.54, 1.807) is 34.0 Å². The van der Waals surface area contributed by atoms with E-state index < -0.39 is 0 Å². The Kier molecular flexibility index (Phi) is 24.4. The van der Waals surface area contributed by atoms with Crippen LogP contribution in [-0.4, -0.2) is 52.9 Å². The third-order valence-electron chi connectivity index (χ3n) is 16.8. The summed E-state index contributed by atoms with van der Waals surface area (Å²) in [5.41, 5.74) is 3.83. The average Bonchev–Trinajstić information content (AvgIpc) is 2.93. The number of unbranched alkanes of at least 4 members (excludes halogenated alkanes) is 4. The van der Waals surface area contributed by atoms with E-state index in [4.69, 9.17) is 37.9 Å². The fourth-order valence-corrected chi connectivity index (χ4v) is 14.7. The number of fused-ring (bicyclic) bond motifs is 2. The number of ether oxygens (including phenoxy) is 8. The van der Waals surface area contributed by atoms with Crippen LogP contribution >= 0.6 is 34.0 Å². The van der Waals surface area contributed by atoms with Gasteiger partial charge >= 0.3 is 0 Å². The molecule has 11 heteroatoms. The second kappa shape index (κ2) is 30.5. The predicted octanol–water partition coefficient (Wildman–Crippen LogP) is 22.5. The molecule has 0 amide bonds. The third-order valence-corrected chi connectivity index (χ3v) is 21.0. The fourth-order valence-electron chi connectivity index (χ4n) is 10.8. The first-order valence-electron chi connectivity index (χ1n) is 32.5. The van der Waals surface area contributed by atoms with Crippen LogP contribution in [0.3, 0.4) is 0 Å². The lowest BCUT2D eigenvalue weighted by atomic mass is 9.85. The quantitative estimate of drug-likeness (QED) is 0.0422. The van der Waals surface area contributed by atoms with Gasteiger partial charge in [0.05, 0.1) is 82.1 Å². The van der Waals surface area contributed by atoms with Gasteiger partial charge in [0.25, 0.3) is 0 Å². The lowest BCUT2D eigenvalue weighted by Crippen LogP contribution is -2.26. The van der Waals surface area contributed by atoms with Gasteiger partial charge in [0.15, 0.2) is 34.5 Å². The number of hydrogen-bond acceptors (Lipinski definition) is 11. The summed E-state index contributed by atoms with van der Waals surface area (Å²) < 4.78 is 57.0. The monoisotopic (exact) mass is 1200 g/mol. The summed E-state index contributed by atoms with van der Waals surface area (Å²) in [5.74, 6) is 8.40. The van der Waals surface area contributed by atoms with E-state index in [0.717, 1.165) is 151 Å². The Bertz CT molecular complexity index is 2800. The molecule has 4 unspecified atom stereocenters. The lowest BCUT2D eigenvalue weighted by Gasteiger charge is -2.24. The molecule has 2 aliphatic rings. The van der Waals surface area contributed by atoms with Gasteiger partial charge in [-0.05, 0) is 102 Å². The van der Waals surface area contributed by atoms with Crippen LogP contribution < -0.4 is 37.9 Å². The Hall–Kier alpha value is -4.06. The van der Waals surface area contributed by atoms with Crippen molar-refractivity contribution < 1.29 is 37.9 Å². The van der Waals surface area contributed by atoms with Gasteiger partial charge in [-0.15, -0.1) is 34.0 Å². The molecule has 0 saturated carbocycles. The maximum atomic E-state index is 7.44. The summed E-state index contributed by atoms with van der Waals surface area (Å²) in [6.45, 7) is 43.2. The maximum Gasteiger partial charge on any atom is 0.181 e. The second-order valence-corrected chi connectivity index (χ2v) is 30.4. The zero-order valence-electron chi connectivity index (χ0n) is 54.6. The van der Waals surface area contributed by atoms with Gasteiger partial charge < -0.3 is 37.9 Å². The molecule has 83 heavy (non-hydrogen) atoms. The zero-order chi connectivity index (χ0) is 60.1. The van der Waals surface area contributed by atoms with Crippen LogP contribution in [0, 0.1) is 34.5 Å². The fraction of sp³-hybridized carbons (Fsp3) is 0.667. The highest BCUT2D eigenvalue weighted by molar-refractivity contribution is 7.28. The van der Waals surface area contributed by atoms with Crippen molar-refractivity contribution in [1.29, 1.82) is 0 Å². The SMILES string of the molecule is CCCCC(C)COc1ccc(C(C)(C)C)cc1-c1cc(-c2sc(-c3sc(-c4sc(C(C)C)c5c4OCC(C)(C)CO5)c(OCC(CC)CCCC)c3OCC(CC)CCCC)c3c2OCC(C)(C)CO3)ccc1OCC(CC)CCCC. The highest BCUT2D eigenvalue weighted by atomic mass is 32.1. The molecule has 0 aliphatic carbocycles. The molecule has 3 aromatic heterocycles. The molecule has 462 valence electrons. The molecule has 4 atom stereocenters. The summed E-state index contributed by atoms with van der Waals surface area (Å²) in [7, 11) is 0. The zero-order valence-corrected chi connectivity index (χ0v) is 57.1. The Morgan fingerprint density at radius 2 is 0.880 bits per heavy atom. The maximum absolute atomic E-state index is 7.44. The van der Waals surface area contributed by atoms with E-state index in [1.165, 1.54) is 42.5 Å². The molecular formula is C72H108O8S3. The summed E-state index contributed by atoms with van der Waals surface area (Å²) in [4.78, 5) is 6.21. The summed E-state index contributed by atoms with van der Waals surface area (Å²) in [6, 6.07) is 13.6. The first-order valence-corrected chi connectivity index (χ1v) is 35.0. The standard InChI is InChI=1S/C72H108O8S3/c1-18-25-29-48(10)39-73-57-36-34-53(70(11,12)13)38-55(57)54-37-52(33-35-56(54)74-40-49(22-5)30-26-19-2)65-59-63(80-46-72(16,17)44-78-59)69(82-65)67-61(76-42-51(24-7)32-28-21-4)60(75-41-50(23-6)31-27-20-3)66(83-67)68-62-58(64(81-68)47(8)9)77-43-71(14,15)45-79-62/h33-38,47-51H,18-32,39-46H2,1-17H3. The molecule has 8 nitrogen and oxygen atoms in total. The molecule has 2 aliphatic heterocycles. The van der Waals surface area contributed by atoms with Crippen LogP contribution in [0.4, 0.5) is 0 Å². The molecule has 0 saturated heterocycles. The summed E-state index contributed by atoms with van der Waals surface area (Å²) in [6.07, 6.45) is 17.0. The van der Waals surface area contributed by atoms with Crippen LogP contribution in [0.15, 0.2) is 36.4 Å². The van der Waals surface area contributed by atoms with E-state index in [-0.39, 0.29) is 22.2 Å². The molecule has 0 N–H and O–H groups in total. The van der Waals surface area contributed by atoms with E-state index in [1.807, 2.05) is 0 Å². The number of hydrogen-bond donors (Lipinski definition) is 0. The van der Waals surface area contributed by atoms with Crippen LogP contribution in [0.5, 0.6) is 46.0 Å². The van der Waals surface area contributed by atoms with Crippen LogP contribution in [0.25, 0.3) is 41.1 Å². The summed E-state index contributed by atoms with van der Waals surface area (Å²) >= 11 is 5.25. The minimum atomic E-state index is -0.252. The molecule has 5 aromatic rings. The topological polar surface area (TPSA) is 73.8 Å². The number of thiophene rings is 3. The smallest absolute Gasteiger partial charge is 0.181 e. The van der Waals surface area contributed by atoms with Gasteiger partial charge in [-0.25, -0.2) is 0 Å². The van der Waals surface area contributed by atoms with Crippen molar-refractivity contribution in [3.05, 3.63) is 46.8 Å². The average molecular weight is 1200 g/mol. The van der Waals surface area contributed by atoms with Crippen molar-refractivity contribution in [3.63, 3.8) is 0 Å². The lowest BCUT2D eigenvalue weighted by molar-refractivity contribution is 0.140. The Morgan fingerprint density at radius 3 is 1.36 bits per heavy atom. The number of rotatable bonds is 32. The van der Waals surface area contributed by atoms with Gasteiger partial charge in [-0.1, -0.05) is 194 Å². The van der Waals surface area contributed by atoms with E-state index in [2.05, 4.69) is 154 Å². The molecule has 5 heterocycles. The van der Waals surface area contributed by atoms with Crippen LogP contribution in [0.1, 0.15) is 230 Å². The largest absolute Gasteiger partial charge is 0.493 e. The number of benzene rings is 2. The first-order chi connectivity index (χ1) is 39.7.